The Morgan fingerprint density at radius 3 is 2.50 bits per heavy atom. The van der Waals surface area contributed by atoms with Crippen LogP contribution in [0.1, 0.15) is 11.3 Å². The van der Waals surface area contributed by atoms with Crippen molar-refractivity contribution in [3.05, 3.63) is 54.0 Å². The molecule has 1 heterocycles. The topological polar surface area (TPSA) is 70.3 Å². The second-order valence-electron chi connectivity index (χ2n) is 6.07. The zero-order valence-corrected chi connectivity index (χ0v) is 15.7. The molecule has 7 nitrogen and oxygen atoms in total. The lowest BCUT2D eigenvalue weighted by Crippen LogP contribution is -2.43. The zero-order valence-electron chi connectivity index (χ0n) is 15.7. The number of ether oxygens (including phenoxy) is 1. The second kappa shape index (κ2) is 9.50. The highest BCUT2D eigenvalue weighted by Gasteiger charge is 2.11. The number of nitrogens with one attached hydrogen (secondary N) is 1. The van der Waals surface area contributed by atoms with Crippen LogP contribution in [0.5, 0.6) is 5.75 Å². The van der Waals surface area contributed by atoms with Crippen molar-refractivity contribution in [3.63, 3.8) is 0 Å². The molecule has 0 aliphatic heterocycles. The number of carbonyl (C=O) groups excluding carboxylic acids is 1. The van der Waals surface area contributed by atoms with Gasteiger partial charge in [-0.15, -0.1) is 0 Å². The molecule has 0 aliphatic carbocycles. The molecule has 0 unspecified atom stereocenters. The first-order chi connectivity index (χ1) is 12.5. The van der Waals surface area contributed by atoms with Gasteiger partial charge in [0.15, 0.2) is 5.96 Å². The fraction of sp³-hybridized carbons (Fsp3) is 0.368. The van der Waals surface area contributed by atoms with E-state index in [0.29, 0.717) is 19.0 Å². The molecule has 0 radical (unpaired) electrons. The van der Waals surface area contributed by atoms with E-state index in [-0.39, 0.29) is 12.5 Å². The van der Waals surface area contributed by atoms with Crippen molar-refractivity contribution in [2.24, 2.45) is 4.99 Å². The summed E-state index contributed by atoms with van der Waals surface area (Å²) in [6.07, 6.45) is 1.64. The molecule has 7 heteroatoms. The summed E-state index contributed by atoms with van der Waals surface area (Å²) in [6.45, 7) is 1.22. The van der Waals surface area contributed by atoms with E-state index < -0.39 is 0 Å². The summed E-state index contributed by atoms with van der Waals surface area (Å²) in [5.74, 6) is 2.24. The minimum absolute atomic E-state index is 0.0199. The van der Waals surface area contributed by atoms with Crippen LogP contribution in [0, 0.1) is 0 Å². The van der Waals surface area contributed by atoms with Crippen LogP contribution >= 0.6 is 0 Å². The van der Waals surface area contributed by atoms with Crippen LogP contribution in [0.15, 0.2) is 52.1 Å². The van der Waals surface area contributed by atoms with Gasteiger partial charge in [-0.3, -0.25) is 4.79 Å². The van der Waals surface area contributed by atoms with Gasteiger partial charge in [0.05, 0.1) is 33.0 Å². The van der Waals surface area contributed by atoms with Gasteiger partial charge >= 0.3 is 0 Å². The third kappa shape index (κ3) is 5.84. The van der Waals surface area contributed by atoms with Gasteiger partial charge in [-0.1, -0.05) is 12.1 Å². The van der Waals surface area contributed by atoms with Gasteiger partial charge in [-0.05, 0) is 29.8 Å². The minimum Gasteiger partial charge on any atom is -0.497 e. The number of hydrogen-bond donors (Lipinski definition) is 1. The molecular formula is C19H26N4O3. The van der Waals surface area contributed by atoms with E-state index in [0.717, 1.165) is 17.1 Å². The third-order valence-corrected chi connectivity index (χ3v) is 3.80. The molecule has 0 saturated heterocycles. The maximum absolute atomic E-state index is 11.9. The number of likely N-dealkylation sites (N-methyl/N-ethyl adjacent to an activating group) is 1. The molecule has 0 fully saturated rings. The molecule has 0 spiro atoms. The molecule has 1 amide bonds. The SMILES string of the molecule is COc1ccc(CN=C(NCC(=O)N(C)C)N(C)Cc2ccco2)cc1. The number of carbonyl (C=O) groups is 1. The summed E-state index contributed by atoms with van der Waals surface area (Å²) in [5, 5.41) is 3.12. The highest BCUT2D eigenvalue weighted by atomic mass is 16.5. The number of furan rings is 1. The quantitative estimate of drug-likeness (QED) is 0.605. The standard InChI is InChI=1S/C19H26N4O3/c1-22(2)18(24)13-21-19(23(3)14-17-6-5-11-26-17)20-12-15-7-9-16(25-4)10-8-15/h5-11H,12-14H2,1-4H3,(H,20,21). The van der Waals surface area contributed by atoms with Crippen molar-refractivity contribution >= 4 is 11.9 Å². The summed E-state index contributed by atoms with van der Waals surface area (Å²) in [6, 6.07) is 11.5. The first-order valence-corrected chi connectivity index (χ1v) is 8.34. The smallest absolute Gasteiger partial charge is 0.241 e. The largest absolute Gasteiger partial charge is 0.497 e. The van der Waals surface area contributed by atoms with Gasteiger partial charge in [0, 0.05) is 21.1 Å². The maximum atomic E-state index is 11.9. The Hall–Kier alpha value is -2.96. The van der Waals surface area contributed by atoms with Gasteiger partial charge in [0.1, 0.15) is 11.5 Å². The Labute approximate surface area is 154 Å². The van der Waals surface area contributed by atoms with E-state index in [1.165, 1.54) is 0 Å². The van der Waals surface area contributed by atoms with Crippen molar-refractivity contribution in [2.45, 2.75) is 13.1 Å². The predicted octanol–water partition coefficient (Wildman–Crippen LogP) is 1.95. The van der Waals surface area contributed by atoms with E-state index >= 15 is 0 Å². The number of aliphatic imine (C=N–C) groups is 1. The molecule has 0 saturated carbocycles. The van der Waals surface area contributed by atoms with Gasteiger partial charge < -0.3 is 24.3 Å². The summed E-state index contributed by atoms with van der Waals surface area (Å²) >= 11 is 0. The monoisotopic (exact) mass is 358 g/mol. The number of benzene rings is 1. The number of methoxy groups -OCH3 is 1. The lowest BCUT2D eigenvalue weighted by atomic mass is 10.2. The molecule has 26 heavy (non-hydrogen) atoms. The molecule has 1 aromatic carbocycles. The maximum Gasteiger partial charge on any atom is 0.241 e. The van der Waals surface area contributed by atoms with Crippen LogP contribution in [-0.4, -0.2) is 56.5 Å². The van der Waals surface area contributed by atoms with Crippen molar-refractivity contribution in [1.29, 1.82) is 0 Å². The Morgan fingerprint density at radius 2 is 1.92 bits per heavy atom. The normalized spacial score (nSPS) is 11.2. The molecule has 2 rings (SSSR count). The van der Waals surface area contributed by atoms with Crippen LogP contribution < -0.4 is 10.1 Å². The van der Waals surface area contributed by atoms with Crippen molar-refractivity contribution in [2.75, 3.05) is 34.8 Å². The first-order valence-electron chi connectivity index (χ1n) is 8.34. The summed E-state index contributed by atoms with van der Waals surface area (Å²) < 4.78 is 10.6. The lowest BCUT2D eigenvalue weighted by Gasteiger charge is -2.22. The second-order valence-corrected chi connectivity index (χ2v) is 6.07. The molecule has 1 aromatic heterocycles. The van der Waals surface area contributed by atoms with E-state index in [1.54, 1.807) is 32.4 Å². The molecule has 0 aliphatic rings. The molecule has 0 bridgehead atoms. The van der Waals surface area contributed by atoms with Crippen LogP contribution in [0.25, 0.3) is 0 Å². The van der Waals surface area contributed by atoms with Crippen LogP contribution in [0.4, 0.5) is 0 Å². The van der Waals surface area contributed by atoms with E-state index in [4.69, 9.17) is 9.15 Å². The van der Waals surface area contributed by atoms with Crippen molar-refractivity contribution in [1.82, 2.24) is 15.1 Å². The number of amides is 1. The van der Waals surface area contributed by atoms with Crippen molar-refractivity contribution in [3.8, 4) is 5.75 Å². The Balaban J connectivity index is 2.07. The minimum atomic E-state index is -0.0199. The first kappa shape index (κ1) is 19.4. The van der Waals surface area contributed by atoms with E-state index in [2.05, 4.69) is 10.3 Å². The Kier molecular flexibility index (Phi) is 7.08. The molecule has 140 valence electrons. The average molecular weight is 358 g/mol. The summed E-state index contributed by atoms with van der Waals surface area (Å²) in [4.78, 5) is 20.0. The summed E-state index contributed by atoms with van der Waals surface area (Å²) in [5.41, 5.74) is 1.05. The highest BCUT2D eigenvalue weighted by Crippen LogP contribution is 2.12. The predicted molar refractivity (Wildman–Crippen MR) is 101 cm³/mol. The van der Waals surface area contributed by atoms with E-state index in [1.807, 2.05) is 48.3 Å². The van der Waals surface area contributed by atoms with Crippen LogP contribution in [0.2, 0.25) is 0 Å². The van der Waals surface area contributed by atoms with Gasteiger partial charge in [0.2, 0.25) is 5.91 Å². The Bertz CT molecular complexity index is 709. The van der Waals surface area contributed by atoms with Gasteiger partial charge in [-0.25, -0.2) is 4.99 Å². The number of rotatable bonds is 7. The fourth-order valence-electron chi connectivity index (χ4n) is 2.23. The third-order valence-electron chi connectivity index (χ3n) is 3.80. The van der Waals surface area contributed by atoms with Gasteiger partial charge in [-0.2, -0.15) is 0 Å². The number of guanidine groups is 1. The number of nitrogens with zero attached hydrogens (tertiary/aromatic N) is 3. The average Bonchev–Trinajstić information content (AvgIpc) is 3.14. The molecule has 2 aromatic rings. The zero-order chi connectivity index (χ0) is 18.9. The molecular weight excluding hydrogens is 332 g/mol. The van der Waals surface area contributed by atoms with Gasteiger partial charge in [0.25, 0.3) is 0 Å². The fourth-order valence-corrected chi connectivity index (χ4v) is 2.23. The highest BCUT2D eigenvalue weighted by molar-refractivity contribution is 5.86. The van der Waals surface area contributed by atoms with Crippen LogP contribution in [-0.2, 0) is 17.9 Å². The van der Waals surface area contributed by atoms with E-state index in [9.17, 15) is 4.79 Å². The van der Waals surface area contributed by atoms with Crippen molar-refractivity contribution < 1.29 is 13.9 Å². The lowest BCUT2D eigenvalue weighted by molar-refractivity contribution is -0.127. The van der Waals surface area contributed by atoms with Crippen LogP contribution in [0.3, 0.4) is 0 Å². The number of hydrogen-bond acceptors (Lipinski definition) is 4. The Morgan fingerprint density at radius 1 is 1.19 bits per heavy atom. The molecule has 0 atom stereocenters. The summed E-state index contributed by atoms with van der Waals surface area (Å²) in [7, 11) is 7.00. The molecule has 1 N–H and O–H groups in total.